The van der Waals surface area contributed by atoms with Crippen LogP contribution in [0.25, 0.3) is 11.4 Å². The fraction of sp³-hybridized carbons (Fsp3) is 0.273. The summed E-state index contributed by atoms with van der Waals surface area (Å²) in [5.74, 6) is 0.660. The summed E-state index contributed by atoms with van der Waals surface area (Å²) in [6, 6.07) is 16.0. The van der Waals surface area contributed by atoms with Crippen molar-refractivity contribution < 1.29 is 5.11 Å². The molecule has 0 unspecified atom stereocenters. The van der Waals surface area contributed by atoms with E-state index in [1.165, 1.54) is 11.1 Å². The molecule has 0 bridgehead atoms. The lowest BCUT2D eigenvalue weighted by Crippen LogP contribution is -2.29. The van der Waals surface area contributed by atoms with Crippen molar-refractivity contribution in [3.05, 3.63) is 86.8 Å². The minimum atomic E-state index is -0.0800. The van der Waals surface area contributed by atoms with Gasteiger partial charge in [-0.1, -0.05) is 48.5 Å². The number of aromatic nitrogens is 2. The van der Waals surface area contributed by atoms with Crippen molar-refractivity contribution in [1.29, 1.82) is 0 Å². The lowest BCUT2D eigenvalue weighted by atomic mass is 10.1. The average molecular weight is 348 g/mol. The Bertz CT molecular complexity index is 975. The molecule has 1 aromatic heterocycles. The fourth-order valence-corrected chi connectivity index (χ4v) is 3.14. The smallest absolute Gasteiger partial charge is 0.257 e. The van der Waals surface area contributed by atoms with Crippen LogP contribution in [-0.2, 0) is 13.0 Å². The quantitative estimate of drug-likeness (QED) is 0.769. The van der Waals surface area contributed by atoms with Gasteiger partial charge in [0, 0.05) is 29.8 Å². The molecule has 134 valence electrons. The molecule has 4 heteroatoms. The molecule has 0 fully saturated rings. The van der Waals surface area contributed by atoms with Crippen LogP contribution in [0.1, 0.15) is 27.9 Å². The van der Waals surface area contributed by atoms with E-state index in [1.807, 2.05) is 37.3 Å². The van der Waals surface area contributed by atoms with Crippen molar-refractivity contribution in [3.8, 4) is 11.4 Å². The van der Waals surface area contributed by atoms with E-state index in [9.17, 15) is 9.90 Å². The molecule has 0 aliphatic rings. The molecule has 0 atom stereocenters. The van der Waals surface area contributed by atoms with Crippen molar-refractivity contribution in [2.45, 2.75) is 33.7 Å². The summed E-state index contributed by atoms with van der Waals surface area (Å²) in [4.78, 5) is 17.9. The Balaban J connectivity index is 2.18. The highest BCUT2D eigenvalue weighted by atomic mass is 16.3. The third kappa shape index (κ3) is 3.60. The summed E-state index contributed by atoms with van der Waals surface area (Å²) in [7, 11) is 0. The van der Waals surface area contributed by atoms with Crippen molar-refractivity contribution in [1.82, 2.24) is 9.55 Å². The summed E-state index contributed by atoms with van der Waals surface area (Å²) in [5.41, 5.74) is 5.58. The van der Waals surface area contributed by atoms with Crippen LogP contribution in [0, 0.1) is 20.8 Å². The van der Waals surface area contributed by atoms with Gasteiger partial charge in [0.05, 0.1) is 6.54 Å². The second-order valence-corrected chi connectivity index (χ2v) is 6.65. The summed E-state index contributed by atoms with van der Waals surface area (Å²) in [6.45, 7) is 6.37. The second kappa shape index (κ2) is 7.67. The molecule has 1 N–H and O–H groups in total. The first-order valence-corrected chi connectivity index (χ1v) is 8.84. The number of hydrogen-bond acceptors (Lipinski definition) is 3. The van der Waals surface area contributed by atoms with Gasteiger partial charge < -0.3 is 5.11 Å². The zero-order valence-corrected chi connectivity index (χ0v) is 15.5. The van der Waals surface area contributed by atoms with Crippen LogP contribution in [-0.4, -0.2) is 21.3 Å². The van der Waals surface area contributed by atoms with Gasteiger partial charge in [0.1, 0.15) is 5.82 Å². The average Bonchev–Trinajstić information content (AvgIpc) is 2.64. The predicted octanol–water partition coefficient (Wildman–Crippen LogP) is 3.42. The maximum Gasteiger partial charge on any atom is 0.257 e. The molecular weight excluding hydrogens is 324 g/mol. The number of benzene rings is 2. The largest absolute Gasteiger partial charge is 0.396 e. The zero-order valence-electron chi connectivity index (χ0n) is 15.5. The Morgan fingerprint density at radius 1 is 1.00 bits per heavy atom. The molecule has 3 aromatic rings. The third-order valence-corrected chi connectivity index (χ3v) is 4.78. The van der Waals surface area contributed by atoms with Gasteiger partial charge >= 0.3 is 0 Å². The van der Waals surface area contributed by atoms with Crippen LogP contribution in [0.4, 0.5) is 0 Å². The van der Waals surface area contributed by atoms with Crippen molar-refractivity contribution >= 4 is 0 Å². The molecule has 0 saturated heterocycles. The highest BCUT2D eigenvalue weighted by Crippen LogP contribution is 2.19. The van der Waals surface area contributed by atoms with E-state index < -0.39 is 0 Å². The molecule has 1 heterocycles. The molecule has 4 nitrogen and oxygen atoms in total. The summed E-state index contributed by atoms with van der Waals surface area (Å²) in [5, 5.41) is 9.33. The van der Waals surface area contributed by atoms with Crippen LogP contribution < -0.4 is 5.56 Å². The number of nitrogens with zero attached hydrogens (tertiary/aromatic N) is 2. The molecule has 0 aliphatic heterocycles. The van der Waals surface area contributed by atoms with E-state index >= 15 is 0 Å². The van der Waals surface area contributed by atoms with E-state index in [0.29, 0.717) is 30.0 Å². The van der Waals surface area contributed by atoms with E-state index in [2.05, 4.69) is 32.0 Å². The maximum absolute atomic E-state index is 13.1. The third-order valence-electron chi connectivity index (χ3n) is 4.78. The first kappa shape index (κ1) is 18.1. The SMILES string of the molecule is Cc1ccc(Cn2c(-c3ccccc3)nc(C)c(CCO)c2=O)cc1C. The lowest BCUT2D eigenvalue weighted by molar-refractivity contribution is 0.298. The van der Waals surface area contributed by atoms with Gasteiger partial charge in [-0.25, -0.2) is 4.98 Å². The molecule has 0 saturated carbocycles. The van der Waals surface area contributed by atoms with E-state index in [0.717, 1.165) is 11.1 Å². The normalized spacial score (nSPS) is 10.9. The van der Waals surface area contributed by atoms with Gasteiger partial charge in [-0.05, 0) is 37.5 Å². The lowest BCUT2D eigenvalue weighted by Gasteiger charge is -2.16. The van der Waals surface area contributed by atoms with Crippen LogP contribution in [0.2, 0.25) is 0 Å². The zero-order chi connectivity index (χ0) is 18.7. The van der Waals surface area contributed by atoms with Crippen molar-refractivity contribution in [2.75, 3.05) is 6.61 Å². The van der Waals surface area contributed by atoms with Crippen LogP contribution in [0.3, 0.4) is 0 Å². The monoisotopic (exact) mass is 348 g/mol. The van der Waals surface area contributed by atoms with Crippen molar-refractivity contribution in [3.63, 3.8) is 0 Å². The molecular formula is C22H24N2O2. The van der Waals surface area contributed by atoms with Crippen molar-refractivity contribution in [2.24, 2.45) is 0 Å². The summed E-state index contributed by atoms with van der Waals surface area (Å²) < 4.78 is 1.72. The Hall–Kier alpha value is -2.72. The molecule has 0 radical (unpaired) electrons. The number of rotatable bonds is 5. The number of hydrogen-bond donors (Lipinski definition) is 1. The first-order valence-electron chi connectivity index (χ1n) is 8.84. The van der Waals surface area contributed by atoms with Crippen LogP contribution in [0.5, 0.6) is 0 Å². The molecule has 0 amide bonds. The Morgan fingerprint density at radius 3 is 2.38 bits per heavy atom. The predicted molar refractivity (Wildman–Crippen MR) is 104 cm³/mol. The minimum Gasteiger partial charge on any atom is -0.396 e. The number of aliphatic hydroxyl groups is 1. The Morgan fingerprint density at radius 2 is 1.73 bits per heavy atom. The van der Waals surface area contributed by atoms with Gasteiger partial charge in [-0.3, -0.25) is 9.36 Å². The van der Waals surface area contributed by atoms with E-state index in [4.69, 9.17) is 4.98 Å². The van der Waals surface area contributed by atoms with Gasteiger partial charge in [0.2, 0.25) is 0 Å². The van der Waals surface area contributed by atoms with E-state index in [-0.39, 0.29) is 12.2 Å². The number of aryl methyl sites for hydroxylation is 3. The number of aliphatic hydroxyl groups excluding tert-OH is 1. The first-order chi connectivity index (χ1) is 12.5. The second-order valence-electron chi connectivity index (χ2n) is 6.65. The maximum atomic E-state index is 13.1. The molecule has 26 heavy (non-hydrogen) atoms. The highest BCUT2D eigenvalue weighted by Gasteiger charge is 2.15. The molecule has 0 aliphatic carbocycles. The van der Waals surface area contributed by atoms with Gasteiger partial charge in [0.25, 0.3) is 5.56 Å². The Labute approximate surface area is 153 Å². The topological polar surface area (TPSA) is 55.1 Å². The fourth-order valence-electron chi connectivity index (χ4n) is 3.14. The van der Waals surface area contributed by atoms with Crippen LogP contribution >= 0.6 is 0 Å². The van der Waals surface area contributed by atoms with Gasteiger partial charge in [-0.15, -0.1) is 0 Å². The van der Waals surface area contributed by atoms with Gasteiger partial charge in [-0.2, -0.15) is 0 Å². The summed E-state index contributed by atoms with van der Waals surface area (Å²) in [6.07, 6.45) is 0.319. The minimum absolute atomic E-state index is 0.0634. The Kier molecular flexibility index (Phi) is 5.33. The summed E-state index contributed by atoms with van der Waals surface area (Å²) >= 11 is 0. The van der Waals surface area contributed by atoms with Gasteiger partial charge in [0.15, 0.2) is 0 Å². The standard InChI is InChI=1S/C22H24N2O2/c1-15-9-10-18(13-16(15)2)14-24-21(19-7-5-4-6-8-19)23-17(3)20(11-12-25)22(24)26/h4-10,13,25H,11-12,14H2,1-3H3. The molecule has 2 aromatic carbocycles. The molecule has 3 rings (SSSR count). The van der Waals surface area contributed by atoms with E-state index in [1.54, 1.807) is 4.57 Å². The van der Waals surface area contributed by atoms with Crippen LogP contribution in [0.15, 0.2) is 53.3 Å². The highest BCUT2D eigenvalue weighted by molar-refractivity contribution is 5.56. The molecule has 0 spiro atoms.